The van der Waals surface area contributed by atoms with Crippen molar-refractivity contribution < 1.29 is 19.2 Å². The highest BCUT2D eigenvalue weighted by Crippen LogP contribution is 2.14. The Morgan fingerprint density at radius 3 is 2.74 bits per heavy atom. The number of amides is 1. The van der Waals surface area contributed by atoms with Crippen LogP contribution in [0, 0.1) is 27.4 Å². The molecule has 23 heavy (non-hydrogen) atoms. The number of nitro groups is 1. The van der Waals surface area contributed by atoms with E-state index in [-0.39, 0.29) is 18.5 Å². The second-order valence-electron chi connectivity index (χ2n) is 5.01. The number of benzene rings is 1. The Labute approximate surface area is 133 Å². The van der Waals surface area contributed by atoms with Crippen LogP contribution in [0.5, 0.6) is 0 Å². The van der Waals surface area contributed by atoms with Crippen LogP contribution >= 0.6 is 0 Å². The third-order valence-corrected chi connectivity index (χ3v) is 3.12. The largest absolute Gasteiger partial charge is 0.467 e. The molecule has 0 aliphatic rings. The molecule has 1 N–H and O–H groups in total. The van der Waals surface area contributed by atoms with E-state index in [1.54, 1.807) is 13.0 Å². The second kappa shape index (κ2) is 8.48. The van der Waals surface area contributed by atoms with Gasteiger partial charge in [0, 0.05) is 18.1 Å². The number of hydrogen-bond acceptors (Lipinski definition) is 6. The summed E-state index contributed by atoms with van der Waals surface area (Å²) in [6.45, 7) is 1.63. The second-order valence-corrected chi connectivity index (χ2v) is 5.01. The maximum absolute atomic E-state index is 12.0. The number of carbonyl (C=O) groups excluding carboxylic acids is 2. The van der Waals surface area contributed by atoms with Crippen LogP contribution in [0.3, 0.4) is 0 Å². The van der Waals surface area contributed by atoms with E-state index >= 15 is 0 Å². The van der Waals surface area contributed by atoms with E-state index in [1.807, 2.05) is 6.07 Å². The molecule has 0 aliphatic carbocycles. The first-order valence-corrected chi connectivity index (χ1v) is 6.87. The molecule has 0 aromatic heterocycles. The standard InChI is InChI=1S/C15H17N3O5/c1-10(9-16)6-13(15(20)23-2)17-14(19)8-11-4-3-5-12(7-11)18(21)22/h3-5,7,10,13H,6,8H2,1-2H3,(H,17,19)/t10-,13+/m1/s1. The number of nitriles is 1. The molecule has 1 rings (SSSR count). The molecule has 2 atom stereocenters. The van der Waals surface area contributed by atoms with Crippen LogP contribution in [0.2, 0.25) is 0 Å². The number of non-ortho nitro benzene ring substituents is 1. The Bertz CT molecular complexity index is 638. The number of nitrogens with one attached hydrogen (secondary N) is 1. The van der Waals surface area contributed by atoms with Crippen molar-refractivity contribution in [2.24, 2.45) is 5.92 Å². The van der Waals surface area contributed by atoms with Gasteiger partial charge in [0.15, 0.2) is 0 Å². The minimum atomic E-state index is -0.930. The average molecular weight is 319 g/mol. The number of rotatable bonds is 7. The normalized spacial score (nSPS) is 12.6. The molecule has 122 valence electrons. The van der Waals surface area contributed by atoms with Gasteiger partial charge in [0.05, 0.1) is 24.5 Å². The van der Waals surface area contributed by atoms with Crippen LogP contribution < -0.4 is 5.32 Å². The molecule has 0 spiro atoms. The lowest BCUT2D eigenvalue weighted by molar-refractivity contribution is -0.384. The Morgan fingerprint density at radius 1 is 1.48 bits per heavy atom. The van der Waals surface area contributed by atoms with E-state index in [1.165, 1.54) is 25.3 Å². The quantitative estimate of drug-likeness (QED) is 0.460. The molecule has 1 aromatic rings. The summed E-state index contributed by atoms with van der Waals surface area (Å²) in [5.41, 5.74) is 0.339. The summed E-state index contributed by atoms with van der Waals surface area (Å²) in [7, 11) is 1.19. The fourth-order valence-corrected chi connectivity index (χ4v) is 1.97. The fourth-order valence-electron chi connectivity index (χ4n) is 1.97. The maximum Gasteiger partial charge on any atom is 0.328 e. The first-order valence-electron chi connectivity index (χ1n) is 6.87. The van der Waals surface area contributed by atoms with Gasteiger partial charge in [0.25, 0.3) is 5.69 Å². The van der Waals surface area contributed by atoms with Gasteiger partial charge in [0.2, 0.25) is 5.91 Å². The van der Waals surface area contributed by atoms with Gasteiger partial charge in [-0.1, -0.05) is 12.1 Å². The predicted octanol–water partition coefficient (Wildman–Crippen LogP) is 1.34. The van der Waals surface area contributed by atoms with Crippen molar-refractivity contribution in [3.05, 3.63) is 39.9 Å². The Morgan fingerprint density at radius 2 is 2.17 bits per heavy atom. The number of nitro benzene ring substituents is 1. The van der Waals surface area contributed by atoms with Gasteiger partial charge in [0.1, 0.15) is 6.04 Å². The van der Waals surface area contributed by atoms with E-state index in [0.717, 1.165) is 0 Å². The molecule has 0 fully saturated rings. The van der Waals surface area contributed by atoms with Crippen LogP contribution in [0.25, 0.3) is 0 Å². The summed E-state index contributed by atoms with van der Waals surface area (Å²) in [5.74, 6) is -1.55. The van der Waals surface area contributed by atoms with Crippen LogP contribution in [-0.4, -0.2) is 30.0 Å². The summed E-state index contributed by atoms with van der Waals surface area (Å²) < 4.78 is 4.61. The highest BCUT2D eigenvalue weighted by atomic mass is 16.6. The smallest absolute Gasteiger partial charge is 0.328 e. The lowest BCUT2D eigenvalue weighted by atomic mass is 10.0. The maximum atomic E-state index is 12.0. The SMILES string of the molecule is COC(=O)[C@H](C[C@@H](C)C#N)NC(=O)Cc1cccc([N+](=O)[O-])c1. The number of ether oxygens (including phenoxy) is 1. The molecular formula is C15H17N3O5. The molecular weight excluding hydrogens is 302 g/mol. The first-order chi connectivity index (χ1) is 10.9. The van der Waals surface area contributed by atoms with Gasteiger partial charge < -0.3 is 10.1 Å². The molecule has 0 saturated heterocycles. The highest BCUT2D eigenvalue weighted by Gasteiger charge is 2.24. The average Bonchev–Trinajstić information content (AvgIpc) is 2.53. The van der Waals surface area contributed by atoms with Gasteiger partial charge >= 0.3 is 5.97 Å². The molecule has 0 aliphatic heterocycles. The third-order valence-electron chi connectivity index (χ3n) is 3.12. The summed E-state index contributed by atoms with van der Waals surface area (Å²) >= 11 is 0. The molecule has 0 radical (unpaired) electrons. The van der Waals surface area contributed by atoms with Crippen LogP contribution in [0.15, 0.2) is 24.3 Å². The first kappa shape index (κ1) is 18.1. The zero-order chi connectivity index (χ0) is 17.4. The van der Waals surface area contributed by atoms with E-state index in [2.05, 4.69) is 10.1 Å². The molecule has 0 bridgehead atoms. The lowest BCUT2D eigenvalue weighted by Crippen LogP contribution is -2.43. The van der Waals surface area contributed by atoms with Gasteiger partial charge in [-0.3, -0.25) is 14.9 Å². The van der Waals surface area contributed by atoms with Crippen molar-refractivity contribution in [1.82, 2.24) is 5.32 Å². The van der Waals surface area contributed by atoms with Crippen LogP contribution in [0.1, 0.15) is 18.9 Å². The lowest BCUT2D eigenvalue weighted by Gasteiger charge is -2.17. The summed E-state index contributed by atoms with van der Waals surface area (Å²) in [5, 5.41) is 22.0. The fraction of sp³-hybridized carbons (Fsp3) is 0.400. The minimum Gasteiger partial charge on any atom is -0.467 e. The Kier molecular flexibility index (Phi) is 6.68. The van der Waals surface area contributed by atoms with Crippen molar-refractivity contribution in [2.45, 2.75) is 25.8 Å². The van der Waals surface area contributed by atoms with Crippen molar-refractivity contribution in [2.75, 3.05) is 7.11 Å². The van der Waals surface area contributed by atoms with E-state index in [0.29, 0.717) is 5.56 Å². The number of methoxy groups -OCH3 is 1. The van der Waals surface area contributed by atoms with Crippen molar-refractivity contribution in [3.8, 4) is 6.07 Å². The number of hydrogen-bond donors (Lipinski definition) is 1. The van der Waals surface area contributed by atoms with E-state index < -0.39 is 28.8 Å². The molecule has 0 saturated carbocycles. The van der Waals surface area contributed by atoms with Crippen molar-refractivity contribution >= 4 is 17.6 Å². The molecule has 0 heterocycles. The van der Waals surface area contributed by atoms with E-state index in [4.69, 9.17) is 5.26 Å². The zero-order valence-electron chi connectivity index (χ0n) is 12.8. The highest BCUT2D eigenvalue weighted by molar-refractivity contribution is 5.85. The summed E-state index contributed by atoms with van der Waals surface area (Å²) in [4.78, 5) is 33.8. The van der Waals surface area contributed by atoms with Crippen LogP contribution in [-0.2, 0) is 20.7 Å². The van der Waals surface area contributed by atoms with Crippen molar-refractivity contribution in [3.63, 3.8) is 0 Å². The van der Waals surface area contributed by atoms with Crippen molar-refractivity contribution in [1.29, 1.82) is 5.26 Å². The predicted molar refractivity (Wildman–Crippen MR) is 80.1 cm³/mol. The molecule has 8 heteroatoms. The number of carbonyl (C=O) groups is 2. The van der Waals surface area contributed by atoms with Gasteiger partial charge in [-0.2, -0.15) is 5.26 Å². The van der Waals surface area contributed by atoms with Gasteiger partial charge in [-0.15, -0.1) is 0 Å². The summed E-state index contributed by atoms with van der Waals surface area (Å²) in [6, 6.07) is 6.74. The molecule has 1 aromatic carbocycles. The molecule has 0 unspecified atom stereocenters. The third kappa shape index (κ3) is 5.74. The number of esters is 1. The van der Waals surface area contributed by atoms with Gasteiger partial charge in [-0.05, 0) is 18.9 Å². The van der Waals surface area contributed by atoms with Gasteiger partial charge in [-0.25, -0.2) is 4.79 Å². The Hall–Kier alpha value is -2.95. The minimum absolute atomic E-state index is 0.113. The summed E-state index contributed by atoms with van der Waals surface area (Å²) in [6.07, 6.45) is 0.0138. The molecule has 8 nitrogen and oxygen atoms in total. The topological polar surface area (TPSA) is 122 Å². The van der Waals surface area contributed by atoms with Crippen LogP contribution in [0.4, 0.5) is 5.69 Å². The Balaban J connectivity index is 2.75. The van der Waals surface area contributed by atoms with E-state index in [9.17, 15) is 19.7 Å². The monoisotopic (exact) mass is 319 g/mol. The zero-order valence-corrected chi connectivity index (χ0v) is 12.8. The number of nitrogens with zero attached hydrogens (tertiary/aromatic N) is 2. The molecule has 1 amide bonds.